The smallest absolute Gasteiger partial charge is 0.139 e. The van der Waals surface area contributed by atoms with E-state index in [9.17, 15) is 0 Å². The van der Waals surface area contributed by atoms with Gasteiger partial charge in [-0.3, -0.25) is 0 Å². The van der Waals surface area contributed by atoms with Gasteiger partial charge in [0.2, 0.25) is 0 Å². The first-order chi connectivity index (χ1) is 10.0. The van der Waals surface area contributed by atoms with E-state index in [1.54, 1.807) is 0 Å². The van der Waals surface area contributed by atoms with E-state index >= 15 is 0 Å². The molecule has 2 N–H and O–H groups in total. The van der Waals surface area contributed by atoms with Crippen molar-refractivity contribution >= 4 is 11.6 Å². The maximum atomic E-state index is 6.25. The first-order valence-corrected chi connectivity index (χ1v) is 7.64. The van der Waals surface area contributed by atoms with Gasteiger partial charge in [-0.2, -0.15) is 0 Å². The molecule has 2 unspecified atom stereocenters. The van der Waals surface area contributed by atoms with E-state index in [0.717, 1.165) is 17.7 Å². The lowest BCUT2D eigenvalue weighted by atomic mass is 10.0. The molecule has 0 spiro atoms. The Morgan fingerprint density at radius 3 is 2.29 bits per heavy atom. The van der Waals surface area contributed by atoms with Gasteiger partial charge in [-0.05, 0) is 61.2 Å². The Labute approximate surface area is 131 Å². The van der Waals surface area contributed by atoms with Crippen molar-refractivity contribution in [2.45, 2.75) is 39.3 Å². The third kappa shape index (κ3) is 3.99. The largest absolute Gasteiger partial charge is 0.484 e. The average molecular weight is 304 g/mol. The number of benzene rings is 2. The van der Waals surface area contributed by atoms with Crippen LogP contribution in [0.25, 0.3) is 0 Å². The summed E-state index contributed by atoms with van der Waals surface area (Å²) in [6.07, 6.45) is 0.673. The lowest BCUT2D eigenvalue weighted by molar-refractivity contribution is 0.171. The topological polar surface area (TPSA) is 35.2 Å². The molecular formula is C18H22ClNO. The van der Waals surface area contributed by atoms with E-state index in [1.807, 2.05) is 30.3 Å². The van der Waals surface area contributed by atoms with Crippen LogP contribution in [0.1, 0.15) is 36.1 Å². The highest BCUT2D eigenvalue weighted by Gasteiger charge is 2.20. The lowest BCUT2D eigenvalue weighted by Crippen LogP contribution is -2.31. The molecule has 0 radical (unpaired) electrons. The zero-order valence-corrected chi connectivity index (χ0v) is 13.5. The quantitative estimate of drug-likeness (QED) is 0.860. The minimum absolute atomic E-state index is 0.0622. The SMILES string of the molecule is CCC(N)C(Oc1ccc(C)c(C)c1)c1ccc(Cl)cc1. The lowest BCUT2D eigenvalue weighted by Gasteiger charge is -2.25. The Kier molecular flexibility index (Phi) is 5.27. The maximum Gasteiger partial charge on any atom is 0.139 e. The van der Waals surface area contributed by atoms with Gasteiger partial charge in [0.15, 0.2) is 0 Å². The summed E-state index contributed by atoms with van der Waals surface area (Å²) < 4.78 is 6.16. The fourth-order valence-corrected chi connectivity index (χ4v) is 2.33. The standard InChI is InChI=1S/C18H22ClNO/c1-4-17(20)18(14-6-8-15(19)9-7-14)21-16-10-5-12(2)13(3)11-16/h5-11,17-18H,4,20H2,1-3H3. The first kappa shape index (κ1) is 15.9. The molecule has 2 rings (SSSR count). The molecule has 2 atom stereocenters. The normalized spacial score (nSPS) is 13.8. The Balaban J connectivity index is 2.28. The predicted molar refractivity (Wildman–Crippen MR) is 89.0 cm³/mol. The highest BCUT2D eigenvalue weighted by atomic mass is 35.5. The van der Waals surface area contributed by atoms with Crippen molar-refractivity contribution in [3.63, 3.8) is 0 Å². The number of halogens is 1. The van der Waals surface area contributed by atoms with Gasteiger partial charge >= 0.3 is 0 Å². The molecule has 112 valence electrons. The number of hydrogen-bond acceptors (Lipinski definition) is 2. The van der Waals surface area contributed by atoms with Crippen LogP contribution in [0.2, 0.25) is 5.02 Å². The third-order valence-corrected chi connectivity index (χ3v) is 4.05. The summed E-state index contributed by atoms with van der Waals surface area (Å²) >= 11 is 5.96. The molecular weight excluding hydrogens is 282 g/mol. The Morgan fingerprint density at radius 1 is 1.05 bits per heavy atom. The number of rotatable bonds is 5. The second-order valence-corrected chi connectivity index (χ2v) is 5.84. The van der Waals surface area contributed by atoms with Gasteiger partial charge in [-0.1, -0.05) is 36.7 Å². The van der Waals surface area contributed by atoms with Gasteiger partial charge in [0.1, 0.15) is 11.9 Å². The molecule has 0 heterocycles. The van der Waals surface area contributed by atoms with Crippen molar-refractivity contribution in [3.8, 4) is 5.75 Å². The third-order valence-electron chi connectivity index (χ3n) is 3.80. The van der Waals surface area contributed by atoms with E-state index in [2.05, 4.69) is 32.9 Å². The van der Waals surface area contributed by atoms with E-state index in [-0.39, 0.29) is 12.1 Å². The molecule has 0 aliphatic heterocycles. The van der Waals surface area contributed by atoms with Crippen molar-refractivity contribution < 1.29 is 4.74 Å². The summed E-state index contributed by atoms with van der Waals surface area (Å²) in [5, 5.41) is 0.716. The van der Waals surface area contributed by atoms with Gasteiger partial charge in [0, 0.05) is 11.1 Å². The molecule has 0 saturated heterocycles. The van der Waals surface area contributed by atoms with Crippen molar-refractivity contribution in [3.05, 3.63) is 64.2 Å². The second-order valence-electron chi connectivity index (χ2n) is 5.41. The van der Waals surface area contributed by atoms with Crippen molar-refractivity contribution in [1.82, 2.24) is 0 Å². The zero-order chi connectivity index (χ0) is 15.4. The first-order valence-electron chi connectivity index (χ1n) is 7.26. The number of nitrogens with two attached hydrogens (primary N) is 1. The number of ether oxygens (including phenoxy) is 1. The summed E-state index contributed by atoms with van der Waals surface area (Å²) in [6.45, 7) is 6.24. The Morgan fingerprint density at radius 2 is 1.71 bits per heavy atom. The van der Waals surface area contributed by atoms with E-state index in [4.69, 9.17) is 22.1 Å². The molecule has 2 nitrogen and oxygen atoms in total. The fourth-order valence-electron chi connectivity index (χ4n) is 2.20. The molecule has 2 aromatic carbocycles. The van der Waals surface area contributed by atoms with Crippen molar-refractivity contribution in [2.75, 3.05) is 0 Å². The second kappa shape index (κ2) is 6.97. The fraction of sp³-hybridized carbons (Fsp3) is 0.333. The average Bonchev–Trinajstić information content (AvgIpc) is 2.48. The molecule has 21 heavy (non-hydrogen) atoms. The highest BCUT2D eigenvalue weighted by Crippen LogP contribution is 2.27. The van der Waals surface area contributed by atoms with E-state index < -0.39 is 0 Å². The minimum atomic E-state index is -0.172. The highest BCUT2D eigenvalue weighted by molar-refractivity contribution is 6.30. The summed E-state index contributed by atoms with van der Waals surface area (Å²) in [5.41, 5.74) is 9.76. The van der Waals surface area contributed by atoms with Crippen LogP contribution in [0, 0.1) is 13.8 Å². The van der Waals surface area contributed by atoms with Crippen LogP contribution in [0.5, 0.6) is 5.75 Å². The molecule has 0 amide bonds. The van der Waals surface area contributed by atoms with E-state index in [1.165, 1.54) is 11.1 Å². The maximum absolute atomic E-state index is 6.25. The van der Waals surface area contributed by atoms with Crippen LogP contribution in [0.15, 0.2) is 42.5 Å². The molecule has 0 saturated carbocycles. The van der Waals surface area contributed by atoms with Gasteiger partial charge in [0.25, 0.3) is 0 Å². The zero-order valence-electron chi connectivity index (χ0n) is 12.8. The van der Waals surface area contributed by atoms with Crippen molar-refractivity contribution in [2.24, 2.45) is 5.73 Å². The Hall–Kier alpha value is -1.51. The van der Waals surface area contributed by atoms with E-state index in [0.29, 0.717) is 5.02 Å². The van der Waals surface area contributed by atoms with Gasteiger partial charge in [0.05, 0.1) is 0 Å². The van der Waals surface area contributed by atoms with Crippen LogP contribution in [0.4, 0.5) is 0 Å². The predicted octanol–water partition coefficient (Wildman–Crippen LogP) is 4.81. The summed E-state index contributed by atoms with van der Waals surface area (Å²) in [4.78, 5) is 0. The molecule has 0 aliphatic rings. The molecule has 0 aliphatic carbocycles. The Bertz CT molecular complexity index is 595. The molecule has 0 bridgehead atoms. The van der Waals surface area contributed by atoms with Gasteiger partial charge < -0.3 is 10.5 Å². The van der Waals surface area contributed by atoms with Gasteiger partial charge in [-0.25, -0.2) is 0 Å². The molecule has 0 fully saturated rings. The van der Waals surface area contributed by atoms with Crippen LogP contribution in [0.3, 0.4) is 0 Å². The van der Waals surface area contributed by atoms with Crippen LogP contribution in [-0.2, 0) is 0 Å². The number of aryl methyl sites for hydroxylation is 2. The molecule has 2 aromatic rings. The van der Waals surface area contributed by atoms with Crippen LogP contribution >= 0.6 is 11.6 Å². The van der Waals surface area contributed by atoms with Gasteiger partial charge in [-0.15, -0.1) is 0 Å². The molecule has 3 heteroatoms. The summed E-state index contributed by atoms with van der Waals surface area (Å²) in [6, 6.07) is 13.8. The van der Waals surface area contributed by atoms with Crippen molar-refractivity contribution in [1.29, 1.82) is 0 Å². The number of hydrogen-bond donors (Lipinski definition) is 1. The van der Waals surface area contributed by atoms with Crippen LogP contribution < -0.4 is 10.5 Å². The summed E-state index contributed by atoms with van der Waals surface area (Å²) in [7, 11) is 0. The minimum Gasteiger partial charge on any atom is -0.484 e. The monoisotopic (exact) mass is 303 g/mol. The van der Waals surface area contributed by atoms with Crippen LogP contribution in [-0.4, -0.2) is 6.04 Å². The summed E-state index contributed by atoms with van der Waals surface area (Å²) in [5.74, 6) is 0.849. The molecule has 0 aromatic heterocycles.